The number of hydrogen-bond acceptors (Lipinski definition) is 5. The molecule has 4 aliphatic heterocycles. The average Bonchev–Trinajstić information content (AvgIpc) is 3.50. The van der Waals surface area contributed by atoms with Gasteiger partial charge < -0.3 is 26.0 Å². The molecular weight excluding hydrogens is 500 g/mol. The summed E-state index contributed by atoms with van der Waals surface area (Å²) in [5.74, 6) is 1.03. The Hall–Kier alpha value is -3.06. The Kier molecular flexibility index (Phi) is 5.97. The van der Waals surface area contributed by atoms with Crippen molar-refractivity contribution in [2.45, 2.75) is 95.4 Å². The maximum atomic E-state index is 13.1. The van der Waals surface area contributed by atoms with Gasteiger partial charge in [-0.3, -0.25) is 9.59 Å². The summed E-state index contributed by atoms with van der Waals surface area (Å²) in [6.07, 6.45) is 4.83. The number of carbonyl (C=O) groups is 2. The number of amides is 2. The Morgan fingerprint density at radius 1 is 0.775 bits per heavy atom. The molecule has 7 heteroatoms. The van der Waals surface area contributed by atoms with Crippen molar-refractivity contribution in [3.63, 3.8) is 0 Å². The lowest BCUT2D eigenvalue weighted by Gasteiger charge is -2.32. The number of piperazine rings is 1. The Morgan fingerprint density at radius 2 is 1.25 bits per heavy atom. The maximum Gasteiger partial charge on any atom is 0.243 e. The molecule has 0 bridgehead atoms. The van der Waals surface area contributed by atoms with Crippen LogP contribution in [0.2, 0.25) is 0 Å². The molecule has 212 valence electrons. The molecule has 7 rings (SSSR count). The molecule has 2 amide bonds. The van der Waals surface area contributed by atoms with Crippen LogP contribution < -0.4 is 21.3 Å². The van der Waals surface area contributed by atoms with Crippen LogP contribution in [0.1, 0.15) is 81.0 Å². The predicted octanol–water partition coefficient (Wildman–Crippen LogP) is 4.48. The lowest BCUT2D eigenvalue weighted by atomic mass is 9.89. The van der Waals surface area contributed by atoms with E-state index in [9.17, 15) is 9.59 Å². The van der Waals surface area contributed by atoms with Crippen molar-refractivity contribution in [2.24, 2.45) is 11.3 Å². The summed E-state index contributed by atoms with van der Waals surface area (Å²) in [7, 11) is 0. The summed E-state index contributed by atoms with van der Waals surface area (Å²) in [6.45, 7) is 10.5. The number of hydrogen-bond donors (Lipinski definition) is 4. The molecule has 6 atom stereocenters. The highest BCUT2D eigenvalue weighted by molar-refractivity contribution is 5.97. The third-order valence-electron chi connectivity index (χ3n) is 10.3. The minimum absolute atomic E-state index is 0.0201. The third kappa shape index (κ3) is 4.87. The molecule has 1 saturated carbocycles. The molecule has 2 aromatic carbocycles. The molecule has 3 fully saturated rings. The van der Waals surface area contributed by atoms with Gasteiger partial charge in [0.25, 0.3) is 0 Å². The SMILES string of the molecule is CC1(C)CC1Cc1ccc2c(c1)NCC2CC1NC(=O)C(CC2CNc3cc(CC4OC4(C)C)ccc32)NC1=O. The van der Waals surface area contributed by atoms with E-state index in [1.807, 2.05) is 0 Å². The van der Waals surface area contributed by atoms with Gasteiger partial charge in [-0.25, -0.2) is 0 Å². The minimum atomic E-state index is -0.509. The Labute approximate surface area is 237 Å². The molecule has 40 heavy (non-hydrogen) atoms. The maximum absolute atomic E-state index is 13.1. The first-order valence-corrected chi connectivity index (χ1v) is 15.1. The average molecular weight is 543 g/mol. The molecule has 4 heterocycles. The third-order valence-corrected chi connectivity index (χ3v) is 10.3. The van der Waals surface area contributed by atoms with Gasteiger partial charge >= 0.3 is 0 Å². The first-order valence-electron chi connectivity index (χ1n) is 15.1. The van der Waals surface area contributed by atoms with Crippen LogP contribution in [-0.4, -0.2) is 48.7 Å². The van der Waals surface area contributed by atoms with Crippen LogP contribution in [0.5, 0.6) is 0 Å². The Morgan fingerprint density at radius 3 is 1.70 bits per heavy atom. The van der Waals surface area contributed by atoms with Crippen molar-refractivity contribution in [3.8, 4) is 0 Å². The van der Waals surface area contributed by atoms with Crippen LogP contribution in [0.3, 0.4) is 0 Å². The van der Waals surface area contributed by atoms with Gasteiger partial charge in [0, 0.05) is 42.7 Å². The van der Waals surface area contributed by atoms with E-state index >= 15 is 0 Å². The van der Waals surface area contributed by atoms with Crippen LogP contribution in [0, 0.1) is 11.3 Å². The number of anilines is 2. The lowest BCUT2D eigenvalue weighted by Crippen LogP contribution is -2.62. The summed E-state index contributed by atoms with van der Waals surface area (Å²) in [5, 5.41) is 13.2. The zero-order valence-corrected chi connectivity index (χ0v) is 24.1. The van der Waals surface area contributed by atoms with Crippen molar-refractivity contribution < 1.29 is 14.3 Å². The first-order chi connectivity index (χ1) is 19.1. The summed E-state index contributed by atoms with van der Waals surface area (Å²) < 4.78 is 5.76. The van der Waals surface area contributed by atoms with E-state index in [0.29, 0.717) is 18.3 Å². The normalized spacial score (nSPS) is 32.3. The van der Waals surface area contributed by atoms with Gasteiger partial charge in [-0.05, 0) is 85.3 Å². The number of benzene rings is 2. The zero-order chi connectivity index (χ0) is 27.8. The molecule has 0 aromatic heterocycles. The second-order valence-corrected chi connectivity index (χ2v) is 14.1. The molecule has 6 unspecified atom stereocenters. The van der Waals surface area contributed by atoms with Gasteiger partial charge in [0.1, 0.15) is 12.1 Å². The van der Waals surface area contributed by atoms with Gasteiger partial charge in [-0.1, -0.05) is 38.1 Å². The van der Waals surface area contributed by atoms with Gasteiger partial charge in [0.05, 0.1) is 11.7 Å². The van der Waals surface area contributed by atoms with Gasteiger partial charge in [-0.2, -0.15) is 0 Å². The van der Waals surface area contributed by atoms with Crippen LogP contribution in [0.4, 0.5) is 11.4 Å². The molecule has 0 radical (unpaired) electrons. The highest BCUT2D eigenvalue weighted by atomic mass is 16.6. The fourth-order valence-corrected chi connectivity index (χ4v) is 7.21. The number of ether oxygens (including phenoxy) is 1. The van der Waals surface area contributed by atoms with Crippen LogP contribution in [0.25, 0.3) is 0 Å². The molecule has 4 N–H and O–H groups in total. The summed E-state index contributed by atoms with van der Waals surface area (Å²) in [4.78, 5) is 26.3. The standard InChI is InChI=1S/C33H42N4O3/c1-32(2)15-22(32)9-18-5-7-23-20(16-34-25(23)10-18)13-27-30(38)37-28(31(39)36-27)14-21-17-35-26-11-19(6-8-24(21)26)12-29-33(3,4)40-29/h5-8,10-11,20-22,27-29,34-35H,9,12-17H2,1-4H3,(H,36,39)(H,37,38). The topological polar surface area (TPSA) is 94.8 Å². The van der Waals surface area contributed by atoms with Crippen LogP contribution in [-0.2, 0) is 27.2 Å². The molecular formula is C33H42N4O3. The first kappa shape index (κ1) is 25.9. The van der Waals surface area contributed by atoms with E-state index in [2.05, 4.69) is 85.4 Å². The fraction of sp³-hybridized carbons (Fsp3) is 0.576. The van der Waals surface area contributed by atoms with E-state index in [4.69, 9.17) is 4.74 Å². The van der Waals surface area contributed by atoms with Crippen molar-refractivity contribution in [1.82, 2.24) is 10.6 Å². The number of fused-ring (bicyclic) bond motifs is 2. The summed E-state index contributed by atoms with van der Waals surface area (Å²) in [6, 6.07) is 12.3. The van der Waals surface area contributed by atoms with E-state index in [0.717, 1.165) is 37.5 Å². The van der Waals surface area contributed by atoms with Crippen molar-refractivity contribution >= 4 is 23.2 Å². The Balaban J connectivity index is 0.946. The highest BCUT2D eigenvalue weighted by Crippen LogP contribution is 2.53. The monoisotopic (exact) mass is 542 g/mol. The number of rotatable bonds is 8. The Bertz CT molecular complexity index is 1260. The summed E-state index contributed by atoms with van der Waals surface area (Å²) >= 11 is 0. The molecule has 1 aliphatic carbocycles. The number of nitrogens with one attached hydrogen (secondary N) is 4. The molecule has 2 aromatic rings. The zero-order valence-electron chi connectivity index (χ0n) is 24.1. The second-order valence-electron chi connectivity index (χ2n) is 14.1. The van der Waals surface area contributed by atoms with Crippen molar-refractivity contribution in [2.75, 3.05) is 23.7 Å². The van der Waals surface area contributed by atoms with E-state index in [1.54, 1.807) is 0 Å². The second kappa shape index (κ2) is 9.23. The smallest absolute Gasteiger partial charge is 0.243 e. The van der Waals surface area contributed by atoms with E-state index in [1.165, 1.54) is 34.4 Å². The van der Waals surface area contributed by atoms with Crippen molar-refractivity contribution in [3.05, 3.63) is 58.7 Å². The van der Waals surface area contributed by atoms with Gasteiger partial charge in [-0.15, -0.1) is 0 Å². The summed E-state index contributed by atoms with van der Waals surface area (Å²) in [5.41, 5.74) is 7.91. The number of epoxide rings is 1. The highest BCUT2D eigenvalue weighted by Gasteiger charge is 2.47. The fourth-order valence-electron chi connectivity index (χ4n) is 7.21. The molecule has 7 nitrogen and oxygen atoms in total. The van der Waals surface area contributed by atoms with Crippen LogP contribution in [0.15, 0.2) is 36.4 Å². The predicted molar refractivity (Wildman–Crippen MR) is 157 cm³/mol. The van der Waals surface area contributed by atoms with Gasteiger partial charge in [0.2, 0.25) is 11.8 Å². The minimum Gasteiger partial charge on any atom is -0.384 e. The van der Waals surface area contributed by atoms with E-state index in [-0.39, 0.29) is 35.4 Å². The molecule has 2 saturated heterocycles. The molecule has 5 aliphatic rings. The van der Waals surface area contributed by atoms with Gasteiger partial charge in [0.15, 0.2) is 0 Å². The number of carbonyl (C=O) groups excluding carboxylic acids is 2. The van der Waals surface area contributed by atoms with Crippen molar-refractivity contribution in [1.29, 1.82) is 0 Å². The largest absolute Gasteiger partial charge is 0.384 e. The molecule has 0 spiro atoms. The quantitative estimate of drug-likeness (QED) is 0.369. The van der Waals surface area contributed by atoms with E-state index < -0.39 is 12.1 Å². The van der Waals surface area contributed by atoms with Crippen LogP contribution >= 0.6 is 0 Å². The lowest BCUT2D eigenvalue weighted by molar-refractivity contribution is -0.137.